The van der Waals surface area contributed by atoms with Crippen molar-refractivity contribution in [2.45, 2.75) is 39.2 Å². The van der Waals surface area contributed by atoms with Crippen LogP contribution >= 0.6 is 0 Å². The lowest BCUT2D eigenvalue weighted by atomic mass is 10.0. The number of aryl methyl sites for hydroxylation is 1. The van der Waals surface area contributed by atoms with Crippen molar-refractivity contribution >= 4 is 11.8 Å². The summed E-state index contributed by atoms with van der Waals surface area (Å²) in [4.78, 5) is 33.3. The minimum Gasteiger partial charge on any atom is -0.493 e. The third-order valence-corrected chi connectivity index (χ3v) is 5.31. The number of hydrogen-bond donors (Lipinski definition) is 0. The summed E-state index contributed by atoms with van der Waals surface area (Å²) in [5.41, 5.74) is 0.453. The molecule has 2 heterocycles. The van der Waals surface area contributed by atoms with Gasteiger partial charge in [0.2, 0.25) is 11.8 Å². The summed E-state index contributed by atoms with van der Waals surface area (Å²) in [7, 11) is 3.06. The van der Waals surface area contributed by atoms with Crippen molar-refractivity contribution in [1.29, 1.82) is 0 Å². The van der Waals surface area contributed by atoms with Crippen molar-refractivity contribution in [1.82, 2.24) is 19.9 Å². The highest BCUT2D eigenvalue weighted by molar-refractivity contribution is 5.98. The molecular formula is C21H28N4O5. The van der Waals surface area contributed by atoms with Crippen LogP contribution in [0.2, 0.25) is 0 Å². The number of methoxy groups -OCH3 is 2. The van der Waals surface area contributed by atoms with Gasteiger partial charge in [0.15, 0.2) is 17.3 Å². The van der Waals surface area contributed by atoms with Crippen molar-refractivity contribution in [3.8, 4) is 11.5 Å². The maximum Gasteiger partial charge on any atom is 0.257 e. The fraction of sp³-hybridized carbons (Fsp3) is 0.524. The van der Waals surface area contributed by atoms with Gasteiger partial charge in [-0.25, -0.2) is 0 Å². The number of carbonyl (C=O) groups is 2. The van der Waals surface area contributed by atoms with Gasteiger partial charge < -0.3 is 23.8 Å². The lowest BCUT2D eigenvalue weighted by molar-refractivity contribution is -0.132. The highest BCUT2D eigenvalue weighted by atomic mass is 16.5. The second-order valence-corrected chi connectivity index (χ2v) is 7.28. The van der Waals surface area contributed by atoms with E-state index >= 15 is 0 Å². The minimum atomic E-state index is -0.132. The van der Waals surface area contributed by atoms with Crippen LogP contribution in [0.5, 0.6) is 11.5 Å². The van der Waals surface area contributed by atoms with E-state index in [9.17, 15) is 9.59 Å². The normalized spacial score (nSPS) is 16.3. The van der Waals surface area contributed by atoms with Gasteiger partial charge in [0.05, 0.1) is 19.8 Å². The molecule has 0 saturated carbocycles. The number of likely N-dealkylation sites (tertiary alicyclic amines) is 1. The van der Waals surface area contributed by atoms with E-state index in [2.05, 4.69) is 10.1 Å². The predicted octanol–water partition coefficient (Wildman–Crippen LogP) is 2.09. The first kappa shape index (κ1) is 21.6. The fourth-order valence-electron chi connectivity index (χ4n) is 3.88. The number of rotatable bonds is 7. The number of para-hydroxylation sites is 1. The molecule has 1 aromatic carbocycles. The summed E-state index contributed by atoms with van der Waals surface area (Å²) >= 11 is 0. The van der Waals surface area contributed by atoms with Crippen LogP contribution in [0, 0.1) is 6.92 Å². The van der Waals surface area contributed by atoms with E-state index in [1.807, 2.05) is 0 Å². The Hall–Kier alpha value is -3.10. The molecule has 1 aliphatic heterocycles. The van der Waals surface area contributed by atoms with Crippen LogP contribution in [-0.2, 0) is 11.2 Å². The number of nitrogens with zero attached hydrogens (tertiary/aromatic N) is 4. The van der Waals surface area contributed by atoms with E-state index in [1.54, 1.807) is 49.0 Å². The van der Waals surface area contributed by atoms with E-state index < -0.39 is 0 Å². The van der Waals surface area contributed by atoms with Crippen molar-refractivity contribution in [3.63, 3.8) is 0 Å². The third kappa shape index (κ3) is 4.72. The Labute approximate surface area is 175 Å². The van der Waals surface area contributed by atoms with Gasteiger partial charge in [0.1, 0.15) is 0 Å². The van der Waals surface area contributed by atoms with Gasteiger partial charge in [-0.05, 0) is 25.0 Å². The standard InChI is InChI=1S/C21H28N4O5/c1-14-22-19(23-30-14)10-12-25(15(2)26)16-7-6-11-24(13-16)21(27)17-8-5-9-18(28-3)20(17)29-4/h5,8-9,16H,6-7,10-13H2,1-4H3. The molecule has 3 rings (SSSR count). The first-order chi connectivity index (χ1) is 14.4. The van der Waals surface area contributed by atoms with Crippen molar-refractivity contribution in [2.24, 2.45) is 0 Å². The molecule has 1 aliphatic rings. The van der Waals surface area contributed by atoms with Crippen LogP contribution in [0.25, 0.3) is 0 Å². The molecule has 2 aromatic rings. The average molecular weight is 416 g/mol. The van der Waals surface area contributed by atoms with Crippen molar-refractivity contribution in [2.75, 3.05) is 33.9 Å². The smallest absolute Gasteiger partial charge is 0.257 e. The molecule has 1 aromatic heterocycles. The van der Waals surface area contributed by atoms with Gasteiger partial charge in [-0.1, -0.05) is 11.2 Å². The number of amides is 2. The molecule has 1 atom stereocenters. The molecule has 30 heavy (non-hydrogen) atoms. The highest BCUT2D eigenvalue weighted by Crippen LogP contribution is 2.32. The highest BCUT2D eigenvalue weighted by Gasteiger charge is 2.31. The summed E-state index contributed by atoms with van der Waals surface area (Å²) in [5.74, 6) is 1.84. The Bertz CT molecular complexity index is 897. The molecule has 9 nitrogen and oxygen atoms in total. The zero-order valence-corrected chi connectivity index (χ0v) is 17.9. The molecule has 0 radical (unpaired) electrons. The molecule has 1 unspecified atom stereocenters. The summed E-state index contributed by atoms with van der Waals surface area (Å²) < 4.78 is 15.7. The summed E-state index contributed by atoms with van der Waals surface area (Å²) in [5, 5.41) is 3.90. The lowest BCUT2D eigenvalue weighted by Crippen LogP contribution is -2.51. The second-order valence-electron chi connectivity index (χ2n) is 7.28. The van der Waals surface area contributed by atoms with E-state index in [1.165, 1.54) is 7.11 Å². The molecule has 0 N–H and O–H groups in total. The van der Waals surface area contributed by atoms with Gasteiger partial charge in [-0.2, -0.15) is 4.98 Å². The Morgan fingerprint density at radius 1 is 1.30 bits per heavy atom. The predicted molar refractivity (Wildman–Crippen MR) is 109 cm³/mol. The summed E-state index contributed by atoms with van der Waals surface area (Å²) in [6, 6.07) is 5.19. The van der Waals surface area contributed by atoms with E-state index in [0.717, 1.165) is 12.8 Å². The van der Waals surface area contributed by atoms with Crippen LogP contribution in [0.3, 0.4) is 0 Å². The second kappa shape index (κ2) is 9.60. The van der Waals surface area contributed by atoms with Gasteiger partial charge in [0.25, 0.3) is 5.91 Å². The van der Waals surface area contributed by atoms with Gasteiger partial charge in [-0.15, -0.1) is 0 Å². The summed E-state index contributed by atoms with van der Waals surface area (Å²) in [6.07, 6.45) is 2.16. The molecule has 1 fully saturated rings. The average Bonchev–Trinajstić information content (AvgIpc) is 3.17. The third-order valence-electron chi connectivity index (χ3n) is 5.31. The number of hydrogen-bond acceptors (Lipinski definition) is 7. The number of benzene rings is 1. The number of piperidine rings is 1. The van der Waals surface area contributed by atoms with Crippen LogP contribution in [0.1, 0.15) is 41.8 Å². The number of aromatic nitrogens is 2. The van der Waals surface area contributed by atoms with Crippen LogP contribution in [0.4, 0.5) is 0 Å². The molecule has 2 amide bonds. The number of carbonyl (C=O) groups excluding carboxylic acids is 2. The Balaban J connectivity index is 1.73. The lowest BCUT2D eigenvalue weighted by Gasteiger charge is -2.39. The van der Waals surface area contributed by atoms with E-state index in [-0.39, 0.29) is 17.9 Å². The van der Waals surface area contributed by atoms with Gasteiger partial charge in [0, 0.05) is 45.9 Å². The zero-order chi connectivity index (χ0) is 21.7. The van der Waals surface area contributed by atoms with E-state index in [4.69, 9.17) is 14.0 Å². The zero-order valence-electron chi connectivity index (χ0n) is 17.9. The quantitative estimate of drug-likeness (QED) is 0.682. The Kier molecular flexibility index (Phi) is 6.91. The SMILES string of the molecule is COc1cccc(C(=O)N2CCCC(N(CCc3noc(C)n3)C(C)=O)C2)c1OC. The molecule has 9 heteroatoms. The summed E-state index contributed by atoms with van der Waals surface area (Å²) in [6.45, 7) is 4.85. The molecule has 0 spiro atoms. The first-order valence-corrected chi connectivity index (χ1v) is 10.0. The maximum atomic E-state index is 13.2. The molecule has 0 aliphatic carbocycles. The maximum absolute atomic E-state index is 13.2. The monoisotopic (exact) mass is 416 g/mol. The van der Waals surface area contributed by atoms with Crippen LogP contribution in [0.15, 0.2) is 22.7 Å². The first-order valence-electron chi connectivity index (χ1n) is 10.0. The Morgan fingerprint density at radius 2 is 2.10 bits per heavy atom. The van der Waals surface area contributed by atoms with Gasteiger partial charge >= 0.3 is 0 Å². The minimum absolute atomic E-state index is 0.0338. The molecular weight excluding hydrogens is 388 g/mol. The Morgan fingerprint density at radius 3 is 2.73 bits per heavy atom. The van der Waals surface area contributed by atoms with Crippen LogP contribution < -0.4 is 9.47 Å². The van der Waals surface area contributed by atoms with E-state index in [0.29, 0.717) is 54.8 Å². The molecule has 0 bridgehead atoms. The molecule has 162 valence electrons. The van der Waals surface area contributed by atoms with Gasteiger partial charge in [-0.3, -0.25) is 9.59 Å². The number of ether oxygens (including phenoxy) is 2. The fourth-order valence-corrected chi connectivity index (χ4v) is 3.88. The topological polar surface area (TPSA) is 98.0 Å². The molecule has 1 saturated heterocycles. The van der Waals surface area contributed by atoms with Crippen molar-refractivity contribution in [3.05, 3.63) is 35.5 Å². The van der Waals surface area contributed by atoms with Crippen LogP contribution in [-0.4, -0.2) is 71.7 Å². The largest absolute Gasteiger partial charge is 0.493 e. The van der Waals surface area contributed by atoms with Crippen molar-refractivity contribution < 1.29 is 23.6 Å².